The van der Waals surface area contributed by atoms with E-state index in [1.807, 2.05) is 0 Å². The fraction of sp³-hybridized carbons (Fsp3) is 0.600. The van der Waals surface area contributed by atoms with Crippen molar-refractivity contribution in [3.63, 3.8) is 0 Å². The summed E-state index contributed by atoms with van der Waals surface area (Å²) < 4.78 is 39.5. The molecule has 2 heterocycles. The van der Waals surface area contributed by atoms with Gasteiger partial charge in [-0.2, -0.15) is 13.2 Å². The summed E-state index contributed by atoms with van der Waals surface area (Å²) in [5.74, 6) is -3.05. The lowest BCUT2D eigenvalue weighted by molar-refractivity contribution is -0.156. The van der Waals surface area contributed by atoms with E-state index in [0.717, 1.165) is 0 Å². The number of nitrogens with zero attached hydrogens (tertiary/aromatic N) is 2. The Labute approximate surface area is 95.1 Å². The molecular weight excluding hydrogens is 237 g/mol. The first-order chi connectivity index (χ1) is 7.82. The van der Waals surface area contributed by atoms with Crippen molar-refractivity contribution in [2.45, 2.75) is 38.4 Å². The second-order valence-electron chi connectivity index (χ2n) is 4.10. The van der Waals surface area contributed by atoms with Gasteiger partial charge in [0.2, 0.25) is 0 Å². The highest BCUT2D eigenvalue weighted by Gasteiger charge is 2.45. The van der Waals surface area contributed by atoms with Crippen LogP contribution in [0.25, 0.3) is 0 Å². The molecule has 0 saturated carbocycles. The van der Waals surface area contributed by atoms with Gasteiger partial charge in [-0.15, -0.1) is 0 Å². The maximum Gasteiger partial charge on any atom is 0.398 e. The maximum atomic E-state index is 12.8. The maximum absolute atomic E-state index is 12.8. The topological polar surface area (TPSA) is 55.1 Å². The average Bonchev–Trinajstić information content (AvgIpc) is 2.51. The summed E-state index contributed by atoms with van der Waals surface area (Å²) >= 11 is 0. The van der Waals surface area contributed by atoms with Gasteiger partial charge in [0.05, 0.1) is 5.69 Å². The van der Waals surface area contributed by atoms with Crippen LogP contribution >= 0.6 is 0 Å². The summed E-state index contributed by atoms with van der Waals surface area (Å²) in [6.45, 7) is 1.70. The summed E-state index contributed by atoms with van der Waals surface area (Å²) in [6, 6.07) is 0. The van der Waals surface area contributed by atoms with E-state index < -0.39 is 18.1 Å². The van der Waals surface area contributed by atoms with Crippen molar-refractivity contribution in [3.05, 3.63) is 17.2 Å². The van der Waals surface area contributed by atoms with E-state index in [1.165, 1.54) is 11.5 Å². The van der Waals surface area contributed by atoms with Crippen molar-refractivity contribution in [3.8, 4) is 0 Å². The molecule has 4 nitrogen and oxygen atoms in total. The molecule has 1 aromatic heterocycles. The number of carbonyl (C=O) groups is 1. The third kappa shape index (κ3) is 1.89. The minimum Gasteiger partial charge on any atom is -0.477 e. The summed E-state index contributed by atoms with van der Waals surface area (Å²) in [6.07, 6.45) is -4.09. The number of aromatic nitrogens is 2. The van der Waals surface area contributed by atoms with Crippen molar-refractivity contribution in [1.82, 2.24) is 9.55 Å². The van der Waals surface area contributed by atoms with E-state index in [2.05, 4.69) is 4.98 Å². The van der Waals surface area contributed by atoms with Crippen LogP contribution in [0.1, 0.15) is 40.8 Å². The van der Waals surface area contributed by atoms with E-state index >= 15 is 0 Å². The molecule has 2 rings (SSSR count). The van der Waals surface area contributed by atoms with Crippen LogP contribution in [0.2, 0.25) is 0 Å². The van der Waals surface area contributed by atoms with Gasteiger partial charge < -0.3 is 9.67 Å². The highest BCUT2D eigenvalue weighted by atomic mass is 19.4. The van der Waals surface area contributed by atoms with Crippen LogP contribution in [0.15, 0.2) is 0 Å². The van der Waals surface area contributed by atoms with Gasteiger partial charge in [0, 0.05) is 6.54 Å². The number of halogens is 3. The smallest absolute Gasteiger partial charge is 0.398 e. The largest absolute Gasteiger partial charge is 0.477 e. The van der Waals surface area contributed by atoms with Crippen LogP contribution in [-0.4, -0.2) is 26.8 Å². The summed E-state index contributed by atoms with van der Waals surface area (Å²) in [4.78, 5) is 14.8. The first-order valence-corrected chi connectivity index (χ1v) is 5.19. The van der Waals surface area contributed by atoms with Gasteiger partial charge in [0.25, 0.3) is 0 Å². The molecule has 0 radical (unpaired) electrons. The Morgan fingerprint density at radius 3 is 2.71 bits per heavy atom. The number of rotatable bonds is 1. The number of hydrogen-bond acceptors (Lipinski definition) is 2. The van der Waals surface area contributed by atoms with Crippen LogP contribution in [-0.2, 0) is 6.54 Å². The van der Waals surface area contributed by atoms with Gasteiger partial charge in [-0.05, 0) is 19.8 Å². The Morgan fingerprint density at radius 1 is 1.53 bits per heavy atom. The van der Waals surface area contributed by atoms with Crippen LogP contribution in [0.4, 0.5) is 13.2 Å². The number of hydrogen-bond donors (Lipinski definition) is 1. The fourth-order valence-corrected chi connectivity index (χ4v) is 2.25. The highest BCUT2D eigenvalue weighted by Crippen LogP contribution is 2.41. The van der Waals surface area contributed by atoms with E-state index in [-0.39, 0.29) is 30.2 Å². The van der Waals surface area contributed by atoms with Gasteiger partial charge in [0.15, 0.2) is 0 Å². The van der Waals surface area contributed by atoms with E-state index in [9.17, 15) is 18.0 Å². The number of carboxylic acids is 1. The van der Waals surface area contributed by atoms with Crippen molar-refractivity contribution < 1.29 is 23.1 Å². The normalized spacial score (nSPS) is 20.1. The molecule has 17 heavy (non-hydrogen) atoms. The van der Waals surface area contributed by atoms with Crippen LogP contribution in [0.3, 0.4) is 0 Å². The van der Waals surface area contributed by atoms with Gasteiger partial charge in [-0.1, -0.05) is 0 Å². The number of aryl methyl sites for hydroxylation is 1. The zero-order chi connectivity index (χ0) is 12.8. The molecule has 1 aliphatic rings. The Kier molecular flexibility index (Phi) is 2.63. The number of carboxylic acid groups (broad SMARTS) is 1. The Hall–Kier alpha value is -1.53. The molecule has 0 spiro atoms. The summed E-state index contributed by atoms with van der Waals surface area (Å²) in [7, 11) is 0. The highest BCUT2D eigenvalue weighted by molar-refractivity contribution is 5.87. The zero-order valence-electron chi connectivity index (χ0n) is 9.08. The third-order valence-electron chi connectivity index (χ3n) is 2.96. The molecule has 0 aliphatic carbocycles. The van der Waals surface area contributed by atoms with Gasteiger partial charge in [-0.3, -0.25) is 0 Å². The molecule has 7 heteroatoms. The molecule has 1 aromatic rings. The standard InChI is InChI=1S/C10H11F3N2O2/c1-5-7(9(16)17)15-4-2-3-6(8(15)14-5)10(11,12)13/h6H,2-4H2,1H3,(H,16,17). The lowest BCUT2D eigenvalue weighted by Gasteiger charge is -2.25. The zero-order valence-corrected chi connectivity index (χ0v) is 9.08. The van der Waals surface area contributed by atoms with Gasteiger partial charge in [-0.25, -0.2) is 9.78 Å². The molecule has 1 aliphatic heterocycles. The lowest BCUT2D eigenvalue weighted by Crippen LogP contribution is -2.29. The molecule has 1 unspecified atom stereocenters. The van der Waals surface area contributed by atoms with Crippen molar-refractivity contribution >= 4 is 5.97 Å². The Bertz CT molecular complexity index is 465. The molecule has 0 bridgehead atoms. The number of imidazole rings is 1. The van der Waals surface area contributed by atoms with E-state index in [4.69, 9.17) is 5.11 Å². The van der Waals surface area contributed by atoms with Crippen LogP contribution in [0, 0.1) is 6.92 Å². The minimum absolute atomic E-state index is 0.0288. The average molecular weight is 248 g/mol. The lowest BCUT2D eigenvalue weighted by atomic mass is 9.98. The molecule has 94 valence electrons. The predicted octanol–water partition coefficient (Wildman–Crippen LogP) is 2.33. The fourth-order valence-electron chi connectivity index (χ4n) is 2.25. The molecule has 0 saturated heterocycles. The number of alkyl halides is 3. The quantitative estimate of drug-likeness (QED) is 0.829. The first-order valence-electron chi connectivity index (χ1n) is 5.19. The van der Waals surface area contributed by atoms with Crippen LogP contribution in [0.5, 0.6) is 0 Å². The van der Waals surface area contributed by atoms with Crippen molar-refractivity contribution in [2.24, 2.45) is 0 Å². The Morgan fingerprint density at radius 2 is 2.18 bits per heavy atom. The molecule has 1 N–H and O–H groups in total. The second-order valence-corrected chi connectivity index (χ2v) is 4.10. The van der Waals surface area contributed by atoms with Crippen molar-refractivity contribution in [1.29, 1.82) is 0 Å². The molecular formula is C10H11F3N2O2. The predicted molar refractivity (Wildman–Crippen MR) is 52.0 cm³/mol. The third-order valence-corrected chi connectivity index (χ3v) is 2.96. The molecule has 0 amide bonds. The first kappa shape index (κ1) is 11.9. The second kappa shape index (κ2) is 3.75. The number of aromatic carboxylic acids is 1. The monoisotopic (exact) mass is 248 g/mol. The SMILES string of the molecule is Cc1nc2n(c1C(=O)O)CCCC2C(F)(F)F. The van der Waals surface area contributed by atoms with Crippen molar-refractivity contribution in [2.75, 3.05) is 0 Å². The Balaban J connectivity index is 2.54. The van der Waals surface area contributed by atoms with Crippen LogP contribution < -0.4 is 0 Å². The number of fused-ring (bicyclic) bond motifs is 1. The minimum atomic E-state index is -4.37. The molecule has 0 aromatic carbocycles. The summed E-state index contributed by atoms with van der Waals surface area (Å²) in [5.41, 5.74) is 0.0117. The van der Waals surface area contributed by atoms with E-state index in [0.29, 0.717) is 6.42 Å². The van der Waals surface area contributed by atoms with E-state index in [1.54, 1.807) is 0 Å². The summed E-state index contributed by atoms with van der Waals surface area (Å²) in [5, 5.41) is 8.96. The molecule has 1 atom stereocenters. The van der Waals surface area contributed by atoms with Gasteiger partial charge in [0.1, 0.15) is 17.4 Å². The molecule has 0 fully saturated rings. The van der Waals surface area contributed by atoms with Gasteiger partial charge >= 0.3 is 12.1 Å².